The maximum absolute atomic E-state index is 10.2. The van der Waals surface area contributed by atoms with Gasteiger partial charge in [-0.3, -0.25) is 4.57 Å². The second kappa shape index (κ2) is 7.10. The Hall–Kier alpha value is -1.75. The van der Waals surface area contributed by atoms with E-state index < -0.39 is 31.1 Å². The quantitative estimate of drug-likeness (QED) is 0.566. The lowest BCUT2D eigenvalue weighted by Gasteiger charge is -2.16. The van der Waals surface area contributed by atoms with E-state index in [9.17, 15) is 15.3 Å². The van der Waals surface area contributed by atoms with Gasteiger partial charge in [0.2, 0.25) is 0 Å². The number of aromatic nitrogens is 4. The first-order valence-corrected chi connectivity index (χ1v) is 9.01. The molecule has 3 heterocycles. The number of ether oxygens (including phenoxy) is 1. The zero-order chi connectivity index (χ0) is 18.3. The highest BCUT2D eigenvalue weighted by atomic mass is 35.5. The number of halogens is 1. The number of aliphatic hydroxyl groups is 3. The summed E-state index contributed by atoms with van der Waals surface area (Å²) in [4.78, 5) is 13.8. The third kappa shape index (κ3) is 3.07. The van der Waals surface area contributed by atoms with E-state index >= 15 is 0 Å². The molecule has 4 rings (SSSR count). The number of hydrogen-bond acceptors (Lipinski definition) is 8. The molecule has 8 nitrogen and oxygen atoms in total. The van der Waals surface area contributed by atoms with Crippen molar-refractivity contribution < 1.29 is 20.1 Å². The number of aliphatic hydroxyl groups excluding tert-OH is 3. The molecule has 1 fully saturated rings. The van der Waals surface area contributed by atoms with Crippen molar-refractivity contribution in [3.8, 4) is 0 Å². The van der Waals surface area contributed by atoms with Crippen LogP contribution in [-0.4, -0.2) is 59.8 Å². The zero-order valence-electron chi connectivity index (χ0n) is 13.3. The van der Waals surface area contributed by atoms with Crippen LogP contribution in [-0.2, 0) is 4.74 Å². The van der Waals surface area contributed by atoms with Crippen LogP contribution in [0.3, 0.4) is 0 Å². The molecule has 0 aliphatic carbocycles. The summed E-state index contributed by atoms with van der Waals surface area (Å²) in [7, 11) is 0. The molecule has 0 bridgehead atoms. The van der Waals surface area contributed by atoms with Gasteiger partial charge in [0.05, 0.1) is 12.9 Å². The summed E-state index contributed by atoms with van der Waals surface area (Å²) < 4.78 is 7.08. The average molecular weight is 395 g/mol. The van der Waals surface area contributed by atoms with Gasteiger partial charge >= 0.3 is 0 Å². The van der Waals surface area contributed by atoms with E-state index in [-0.39, 0.29) is 0 Å². The number of rotatable bonds is 4. The highest BCUT2D eigenvalue weighted by molar-refractivity contribution is 7.99. The Morgan fingerprint density at radius 1 is 1.12 bits per heavy atom. The summed E-state index contributed by atoms with van der Waals surface area (Å²) in [6.45, 7) is -0.395. The Labute approximate surface area is 157 Å². The second-order valence-electron chi connectivity index (χ2n) is 5.79. The Morgan fingerprint density at radius 2 is 1.88 bits per heavy atom. The van der Waals surface area contributed by atoms with Crippen molar-refractivity contribution in [2.75, 3.05) is 6.61 Å². The Morgan fingerprint density at radius 3 is 2.58 bits per heavy atom. The molecule has 0 radical (unpaired) electrons. The predicted molar refractivity (Wildman–Crippen MR) is 93.9 cm³/mol. The molecule has 0 amide bonds. The van der Waals surface area contributed by atoms with Crippen LogP contribution in [0.4, 0.5) is 0 Å². The van der Waals surface area contributed by atoms with Gasteiger partial charge in [-0.1, -0.05) is 23.4 Å². The smallest absolute Gasteiger partial charge is 0.166 e. The molecule has 26 heavy (non-hydrogen) atoms. The van der Waals surface area contributed by atoms with Gasteiger partial charge in [0.15, 0.2) is 11.9 Å². The van der Waals surface area contributed by atoms with E-state index in [2.05, 4.69) is 15.0 Å². The van der Waals surface area contributed by atoms with Gasteiger partial charge in [-0.05, 0) is 24.3 Å². The number of fused-ring (bicyclic) bond motifs is 1. The van der Waals surface area contributed by atoms with E-state index in [1.54, 1.807) is 12.1 Å². The molecule has 3 N–H and O–H groups in total. The van der Waals surface area contributed by atoms with Gasteiger partial charge in [-0.15, -0.1) is 0 Å². The van der Waals surface area contributed by atoms with E-state index in [0.717, 1.165) is 4.90 Å². The van der Waals surface area contributed by atoms with Crippen LogP contribution in [0.1, 0.15) is 6.23 Å². The van der Waals surface area contributed by atoms with Gasteiger partial charge < -0.3 is 20.1 Å². The monoisotopic (exact) mass is 394 g/mol. The summed E-state index contributed by atoms with van der Waals surface area (Å²) in [6.07, 6.45) is -1.27. The Kier molecular flexibility index (Phi) is 4.82. The molecule has 0 spiro atoms. The maximum atomic E-state index is 10.2. The molecule has 136 valence electrons. The molecule has 3 aromatic rings. The van der Waals surface area contributed by atoms with Crippen molar-refractivity contribution in [3.63, 3.8) is 0 Å². The minimum absolute atomic E-state index is 0.395. The van der Waals surface area contributed by atoms with Crippen LogP contribution in [0.25, 0.3) is 11.2 Å². The van der Waals surface area contributed by atoms with Crippen LogP contribution in [0.15, 0.2) is 46.8 Å². The summed E-state index contributed by atoms with van der Waals surface area (Å²) in [5.41, 5.74) is 1.01. The molecule has 0 saturated carbocycles. The van der Waals surface area contributed by atoms with Crippen LogP contribution in [0.5, 0.6) is 0 Å². The standard InChI is InChI=1S/C16H15ClN4O4S/c17-8-1-3-9(4-2-8)26-15-11-14(18-6-19-15)21(7-20-11)16-13(24)12(23)10(5-22)25-16/h1-4,6-7,10,12-13,16,22-24H,5H2. The number of hydrogen-bond donors (Lipinski definition) is 3. The molecule has 4 unspecified atom stereocenters. The fraction of sp³-hybridized carbons (Fsp3) is 0.312. The number of benzene rings is 1. The topological polar surface area (TPSA) is 114 Å². The third-order valence-corrected chi connectivity index (χ3v) is 5.40. The van der Waals surface area contributed by atoms with Crippen LogP contribution >= 0.6 is 23.4 Å². The molecule has 2 aromatic heterocycles. The number of nitrogens with zero attached hydrogens (tertiary/aromatic N) is 4. The zero-order valence-corrected chi connectivity index (χ0v) is 14.9. The van der Waals surface area contributed by atoms with Gasteiger partial charge in [-0.2, -0.15) is 0 Å². The highest BCUT2D eigenvalue weighted by Gasteiger charge is 2.44. The van der Waals surface area contributed by atoms with E-state index in [0.29, 0.717) is 21.2 Å². The molecular formula is C16H15ClN4O4S. The van der Waals surface area contributed by atoms with Crippen molar-refractivity contribution in [1.29, 1.82) is 0 Å². The van der Waals surface area contributed by atoms with E-state index in [1.807, 2.05) is 12.1 Å². The maximum Gasteiger partial charge on any atom is 0.166 e. The van der Waals surface area contributed by atoms with E-state index in [4.69, 9.17) is 16.3 Å². The largest absolute Gasteiger partial charge is 0.394 e. The van der Waals surface area contributed by atoms with Crippen molar-refractivity contribution in [1.82, 2.24) is 19.5 Å². The molecule has 1 saturated heterocycles. The first-order chi connectivity index (χ1) is 12.6. The molecule has 4 atom stereocenters. The summed E-state index contributed by atoms with van der Waals surface area (Å²) in [5, 5.41) is 30.7. The lowest BCUT2D eigenvalue weighted by molar-refractivity contribution is -0.0511. The Balaban J connectivity index is 1.68. The minimum atomic E-state index is -1.20. The lowest BCUT2D eigenvalue weighted by Crippen LogP contribution is -2.33. The summed E-state index contributed by atoms with van der Waals surface area (Å²) in [5.74, 6) is 0. The summed E-state index contributed by atoms with van der Waals surface area (Å²) >= 11 is 7.32. The SMILES string of the molecule is OCC1OC(n2cnc3c(Sc4ccc(Cl)cc4)ncnc32)C(O)C1O. The van der Waals surface area contributed by atoms with Crippen molar-refractivity contribution >= 4 is 34.5 Å². The average Bonchev–Trinajstić information content (AvgIpc) is 3.19. The first-order valence-electron chi connectivity index (χ1n) is 7.82. The van der Waals surface area contributed by atoms with Crippen molar-refractivity contribution in [2.45, 2.75) is 34.5 Å². The summed E-state index contributed by atoms with van der Waals surface area (Å²) in [6, 6.07) is 7.34. The van der Waals surface area contributed by atoms with Gasteiger partial charge in [0.1, 0.15) is 35.2 Å². The van der Waals surface area contributed by atoms with Crippen molar-refractivity contribution in [3.05, 3.63) is 41.9 Å². The normalized spacial score (nSPS) is 25.8. The molecule has 1 aliphatic rings. The molecule has 10 heteroatoms. The van der Waals surface area contributed by atoms with Gasteiger partial charge in [0, 0.05) is 9.92 Å². The minimum Gasteiger partial charge on any atom is -0.394 e. The lowest BCUT2D eigenvalue weighted by atomic mass is 10.1. The molecular weight excluding hydrogens is 380 g/mol. The highest BCUT2D eigenvalue weighted by Crippen LogP contribution is 2.34. The Bertz CT molecular complexity index is 922. The molecule has 1 aromatic carbocycles. The van der Waals surface area contributed by atoms with Crippen LogP contribution < -0.4 is 0 Å². The van der Waals surface area contributed by atoms with Crippen molar-refractivity contribution in [2.24, 2.45) is 0 Å². The van der Waals surface area contributed by atoms with E-state index in [1.165, 1.54) is 29.0 Å². The fourth-order valence-electron chi connectivity index (χ4n) is 2.82. The number of imidazole rings is 1. The fourth-order valence-corrected chi connectivity index (χ4v) is 3.78. The van der Waals surface area contributed by atoms with Crippen LogP contribution in [0.2, 0.25) is 5.02 Å². The molecule has 1 aliphatic heterocycles. The van der Waals surface area contributed by atoms with Gasteiger partial charge in [-0.25, -0.2) is 15.0 Å². The van der Waals surface area contributed by atoms with Gasteiger partial charge in [0.25, 0.3) is 0 Å². The second-order valence-corrected chi connectivity index (χ2v) is 7.29. The third-order valence-electron chi connectivity index (χ3n) is 4.14. The first kappa shape index (κ1) is 17.7. The predicted octanol–water partition coefficient (Wildman–Crippen LogP) is 1.24. The van der Waals surface area contributed by atoms with Crippen LogP contribution in [0, 0.1) is 0 Å².